The Balaban J connectivity index is 3.51. The second-order valence-electron chi connectivity index (χ2n) is 20.0. The molecule has 0 saturated heterocycles. The standard InChI is InChI=1S/C67H114O5/c1-3-5-7-9-11-13-15-17-19-21-23-24-25-26-27-28-29-30-31-32-33-34-35-36-37-38-39-40-41-42-44-46-48-50-52-54-56-58-60-62-67(70)72-65(63-68)64-71-66(69)61-59-57-55-53-51-49-47-45-43-22-20-18-16-14-12-10-8-6-4-2/h5,7,11,13,17-20,23-24,26-27,29-30,32-33,35-36,65,68H,3-4,6,8-10,12,14-16,21-22,25,28,31,34,37-64H2,1-2H3/b7-5-,13-11-,19-17-,20-18-,24-23-,27-26-,30-29-,33-32-,36-35-. The number of aliphatic hydroxyl groups excluding tert-OH is 1. The number of hydrogen-bond acceptors (Lipinski definition) is 5. The molecular weight excluding hydrogens is 885 g/mol. The van der Waals surface area contributed by atoms with Crippen LogP contribution < -0.4 is 0 Å². The van der Waals surface area contributed by atoms with Gasteiger partial charge in [0.2, 0.25) is 0 Å². The first kappa shape index (κ1) is 68.6. The van der Waals surface area contributed by atoms with Crippen molar-refractivity contribution in [3.8, 4) is 0 Å². The van der Waals surface area contributed by atoms with Crippen molar-refractivity contribution in [2.45, 2.75) is 290 Å². The first-order valence-corrected chi connectivity index (χ1v) is 30.4. The molecule has 0 aliphatic heterocycles. The summed E-state index contributed by atoms with van der Waals surface area (Å²) in [5, 5.41) is 9.66. The quantitative estimate of drug-likeness (QED) is 0.0373. The third kappa shape index (κ3) is 59.1. The molecule has 0 heterocycles. The number of rotatable bonds is 55. The van der Waals surface area contributed by atoms with Gasteiger partial charge in [0.15, 0.2) is 6.10 Å². The fourth-order valence-electron chi connectivity index (χ4n) is 8.51. The van der Waals surface area contributed by atoms with E-state index in [2.05, 4.69) is 123 Å². The number of carbonyl (C=O) groups is 2. The molecule has 0 bridgehead atoms. The zero-order valence-corrected chi connectivity index (χ0v) is 47.2. The van der Waals surface area contributed by atoms with E-state index in [0.29, 0.717) is 12.8 Å². The van der Waals surface area contributed by atoms with Crippen LogP contribution in [0.4, 0.5) is 0 Å². The van der Waals surface area contributed by atoms with Gasteiger partial charge in [-0.05, 0) is 103 Å². The summed E-state index contributed by atoms with van der Waals surface area (Å²) in [6.45, 7) is 4.04. The summed E-state index contributed by atoms with van der Waals surface area (Å²) in [6.07, 6.45) is 89.3. The fourth-order valence-corrected chi connectivity index (χ4v) is 8.51. The normalized spacial score (nSPS) is 13.0. The molecule has 0 radical (unpaired) electrons. The zero-order chi connectivity index (χ0) is 52.0. The van der Waals surface area contributed by atoms with Crippen LogP contribution in [0.3, 0.4) is 0 Å². The molecule has 1 unspecified atom stereocenters. The highest BCUT2D eigenvalue weighted by molar-refractivity contribution is 5.70. The first-order valence-electron chi connectivity index (χ1n) is 30.4. The fraction of sp³-hybridized carbons (Fsp3) is 0.701. The van der Waals surface area contributed by atoms with Crippen molar-refractivity contribution in [1.29, 1.82) is 0 Å². The first-order chi connectivity index (χ1) is 35.6. The van der Waals surface area contributed by atoms with Crippen LogP contribution in [-0.4, -0.2) is 36.4 Å². The van der Waals surface area contributed by atoms with E-state index in [1.54, 1.807) is 0 Å². The molecule has 0 aliphatic carbocycles. The van der Waals surface area contributed by atoms with Crippen molar-refractivity contribution in [1.82, 2.24) is 0 Å². The van der Waals surface area contributed by atoms with Crippen LogP contribution in [0.2, 0.25) is 0 Å². The Morgan fingerprint density at radius 2 is 0.597 bits per heavy atom. The number of allylic oxidation sites excluding steroid dienone is 18. The lowest BCUT2D eigenvalue weighted by molar-refractivity contribution is -0.161. The van der Waals surface area contributed by atoms with Gasteiger partial charge in [0.25, 0.3) is 0 Å². The van der Waals surface area contributed by atoms with Gasteiger partial charge in [0, 0.05) is 12.8 Å². The molecule has 1 atom stereocenters. The Bertz CT molecular complexity index is 1410. The third-order valence-electron chi connectivity index (χ3n) is 13.1. The Morgan fingerprint density at radius 3 is 0.917 bits per heavy atom. The second kappa shape index (κ2) is 61.9. The molecule has 412 valence electrons. The number of ether oxygens (including phenoxy) is 2. The highest BCUT2D eigenvalue weighted by Crippen LogP contribution is 2.16. The summed E-state index contributed by atoms with van der Waals surface area (Å²) in [7, 11) is 0. The topological polar surface area (TPSA) is 72.8 Å². The van der Waals surface area contributed by atoms with Gasteiger partial charge in [0.1, 0.15) is 6.61 Å². The molecule has 0 fully saturated rings. The summed E-state index contributed by atoms with van der Waals surface area (Å²) < 4.78 is 10.7. The third-order valence-corrected chi connectivity index (χ3v) is 13.1. The van der Waals surface area contributed by atoms with Crippen molar-refractivity contribution in [2.75, 3.05) is 13.2 Å². The molecule has 5 nitrogen and oxygen atoms in total. The maximum atomic E-state index is 12.3. The minimum Gasteiger partial charge on any atom is -0.462 e. The maximum Gasteiger partial charge on any atom is 0.306 e. The van der Waals surface area contributed by atoms with Gasteiger partial charge >= 0.3 is 11.9 Å². The number of carbonyl (C=O) groups excluding carboxylic acids is 2. The Labute approximate surface area is 446 Å². The lowest BCUT2D eigenvalue weighted by Crippen LogP contribution is -2.28. The molecule has 0 saturated carbocycles. The Hall–Kier alpha value is -3.44. The SMILES string of the molecule is CC/C=C\C/C=C\C/C=C\C/C=C\C/C=C\C/C=C\C/C=C\C/C=C\CCCCCCCCCCCCCCCCC(=O)OC(CO)COC(=O)CCCCCCCCCCC/C=C\CCCCCCCC. The van der Waals surface area contributed by atoms with Crippen LogP contribution in [0, 0.1) is 0 Å². The molecule has 0 rings (SSSR count). The van der Waals surface area contributed by atoms with Crippen molar-refractivity contribution < 1.29 is 24.2 Å². The predicted octanol–water partition coefficient (Wildman–Crippen LogP) is 20.9. The van der Waals surface area contributed by atoms with Crippen molar-refractivity contribution in [2.24, 2.45) is 0 Å². The van der Waals surface area contributed by atoms with Crippen LogP contribution in [-0.2, 0) is 19.1 Å². The summed E-state index contributed by atoms with van der Waals surface area (Å²) >= 11 is 0. The van der Waals surface area contributed by atoms with Crippen molar-refractivity contribution >= 4 is 11.9 Å². The van der Waals surface area contributed by atoms with Gasteiger partial charge in [-0.15, -0.1) is 0 Å². The van der Waals surface area contributed by atoms with Crippen LogP contribution >= 0.6 is 0 Å². The van der Waals surface area contributed by atoms with Crippen LogP contribution in [0.1, 0.15) is 284 Å². The van der Waals surface area contributed by atoms with E-state index in [0.717, 1.165) is 89.9 Å². The highest BCUT2D eigenvalue weighted by Gasteiger charge is 2.16. The lowest BCUT2D eigenvalue weighted by Gasteiger charge is -2.15. The second-order valence-corrected chi connectivity index (χ2v) is 20.0. The molecular formula is C67H114O5. The van der Waals surface area contributed by atoms with Crippen LogP contribution in [0.25, 0.3) is 0 Å². The van der Waals surface area contributed by atoms with Crippen LogP contribution in [0.15, 0.2) is 109 Å². The molecule has 5 heteroatoms. The van der Waals surface area contributed by atoms with E-state index in [1.807, 2.05) is 0 Å². The monoisotopic (exact) mass is 999 g/mol. The van der Waals surface area contributed by atoms with E-state index >= 15 is 0 Å². The van der Waals surface area contributed by atoms with E-state index in [1.165, 1.54) is 167 Å². The van der Waals surface area contributed by atoms with Gasteiger partial charge in [0.05, 0.1) is 6.61 Å². The van der Waals surface area contributed by atoms with Gasteiger partial charge in [-0.3, -0.25) is 9.59 Å². The Morgan fingerprint density at radius 1 is 0.333 bits per heavy atom. The summed E-state index contributed by atoms with van der Waals surface area (Å²) in [6, 6.07) is 0. The molecule has 0 amide bonds. The van der Waals surface area contributed by atoms with Crippen LogP contribution in [0.5, 0.6) is 0 Å². The van der Waals surface area contributed by atoms with Gasteiger partial charge in [-0.2, -0.15) is 0 Å². The molecule has 0 aliphatic rings. The smallest absolute Gasteiger partial charge is 0.306 e. The molecule has 0 spiro atoms. The predicted molar refractivity (Wildman–Crippen MR) is 315 cm³/mol. The number of hydrogen-bond donors (Lipinski definition) is 1. The minimum absolute atomic E-state index is 0.0689. The number of esters is 2. The Kier molecular flexibility index (Phi) is 58.9. The number of aliphatic hydroxyl groups is 1. The summed E-state index contributed by atoms with van der Waals surface area (Å²) in [5.41, 5.74) is 0. The minimum atomic E-state index is -0.778. The lowest BCUT2D eigenvalue weighted by atomic mass is 10.0. The maximum absolute atomic E-state index is 12.3. The molecule has 0 aromatic heterocycles. The molecule has 72 heavy (non-hydrogen) atoms. The van der Waals surface area contributed by atoms with Crippen molar-refractivity contribution in [3.63, 3.8) is 0 Å². The van der Waals surface area contributed by atoms with Gasteiger partial charge in [-0.25, -0.2) is 0 Å². The summed E-state index contributed by atoms with van der Waals surface area (Å²) in [5.74, 6) is -0.589. The largest absolute Gasteiger partial charge is 0.462 e. The van der Waals surface area contributed by atoms with Gasteiger partial charge in [-0.1, -0.05) is 277 Å². The van der Waals surface area contributed by atoms with E-state index < -0.39 is 6.10 Å². The summed E-state index contributed by atoms with van der Waals surface area (Å²) in [4.78, 5) is 24.5. The molecule has 0 aromatic carbocycles. The van der Waals surface area contributed by atoms with Gasteiger partial charge < -0.3 is 14.6 Å². The zero-order valence-electron chi connectivity index (χ0n) is 47.2. The average Bonchev–Trinajstić information content (AvgIpc) is 3.38. The average molecular weight is 1000 g/mol. The van der Waals surface area contributed by atoms with E-state index in [9.17, 15) is 14.7 Å². The van der Waals surface area contributed by atoms with Crippen molar-refractivity contribution in [3.05, 3.63) is 109 Å². The van der Waals surface area contributed by atoms with E-state index in [4.69, 9.17) is 9.47 Å². The molecule has 1 N–H and O–H groups in total. The number of unbranched alkanes of at least 4 members (excludes halogenated alkanes) is 29. The van der Waals surface area contributed by atoms with E-state index in [-0.39, 0.29) is 25.2 Å². The molecule has 0 aromatic rings. The highest BCUT2D eigenvalue weighted by atomic mass is 16.6.